The molecule has 1 aromatic rings. The standard InChI is InChI=1S/C18H24ClNO5/c1-4-5-8-23-15-10-24-20-16(15)13-9-12(19)6-7-14(13)25-17(11(2)3)18(21)22/h6-7,9,11,15,17H,4-5,8,10H2,1-3H3,(H,21,22). The summed E-state index contributed by atoms with van der Waals surface area (Å²) in [6.45, 7) is 6.59. The number of benzene rings is 1. The van der Waals surface area contributed by atoms with Crippen molar-refractivity contribution in [3.63, 3.8) is 0 Å². The summed E-state index contributed by atoms with van der Waals surface area (Å²) >= 11 is 6.12. The van der Waals surface area contributed by atoms with E-state index in [9.17, 15) is 9.90 Å². The Hall–Kier alpha value is -1.79. The molecule has 2 atom stereocenters. The molecule has 0 bridgehead atoms. The van der Waals surface area contributed by atoms with Crippen LogP contribution in [0.3, 0.4) is 0 Å². The molecule has 6 nitrogen and oxygen atoms in total. The Morgan fingerprint density at radius 2 is 2.24 bits per heavy atom. The van der Waals surface area contributed by atoms with Crippen LogP contribution in [0.4, 0.5) is 0 Å². The van der Waals surface area contributed by atoms with Gasteiger partial charge in [-0.2, -0.15) is 0 Å². The van der Waals surface area contributed by atoms with Gasteiger partial charge in [0.15, 0.2) is 6.10 Å². The van der Waals surface area contributed by atoms with Crippen molar-refractivity contribution in [2.45, 2.75) is 45.8 Å². The molecule has 1 aliphatic rings. The number of hydrogen-bond donors (Lipinski definition) is 1. The van der Waals surface area contributed by atoms with Gasteiger partial charge in [0.1, 0.15) is 24.2 Å². The number of oxime groups is 1. The first-order valence-electron chi connectivity index (χ1n) is 8.44. The lowest BCUT2D eigenvalue weighted by atomic mass is 10.0. The lowest BCUT2D eigenvalue weighted by Gasteiger charge is -2.21. The number of hydrogen-bond acceptors (Lipinski definition) is 5. The van der Waals surface area contributed by atoms with E-state index in [0.717, 1.165) is 12.8 Å². The highest BCUT2D eigenvalue weighted by Gasteiger charge is 2.30. The Morgan fingerprint density at radius 1 is 1.48 bits per heavy atom. The molecule has 138 valence electrons. The van der Waals surface area contributed by atoms with Crippen LogP contribution in [0, 0.1) is 5.92 Å². The van der Waals surface area contributed by atoms with Crippen LogP contribution < -0.4 is 4.74 Å². The minimum Gasteiger partial charge on any atom is -0.478 e. The molecular formula is C18H24ClNO5. The molecule has 0 amide bonds. The van der Waals surface area contributed by atoms with Crippen LogP contribution in [0.2, 0.25) is 5.02 Å². The Balaban J connectivity index is 2.27. The summed E-state index contributed by atoms with van der Waals surface area (Å²) in [6, 6.07) is 5.00. The van der Waals surface area contributed by atoms with Crippen LogP contribution in [-0.4, -0.2) is 42.2 Å². The normalized spacial score (nSPS) is 18.0. The van der Waals surface area contributed by atoms with Crippen molar-refractivity contribution in [3.8, 4) is 5.75 Å². The summed E-state index contributed by atoms with van der Waals surface area (Å²) in [4.78, 5) is 16.7. The van der Waals surface area contributed by atoms with Gasteiger partial charge in [-0.05, 0) is 24.6 Å². The summed E-state index contributed by atoms with van der Waals surface area (Å²) in [5, 5.41) is 14.0. The maximum absolute atomic E-state index is 11.5. The third kappa shape index (κ3) is 5.09. The molecule has 1 aromatic carbocycles. The van der Waals surface area contributed by atoms with Crippen LogP contribution in [0.15, 0.2) is 23.4 Å². The molecule has 0 spiro atoms. The topological polar surface area (TPSA) is 77.3 Å². The van der Waals surface area contributed by atoms with E-state index in [0.29, 0.717) is 35.3 Å². The molecule has 0 aliphatic carbocycles. The van der Waals surface area contributed by atoms with E-state index in [-0.39, 0.29) is 12.0 Å². The number of aliphatic carboxylic acids is 1. The molecule has 0 radical (unpaired) electrons. The van der Waals surface area contributed by atoms with Gasteiger partial charge in [-0.15, -0.1) is 0 Å². The molecule has 2 rings (SSSR count). The molecule has 1 N–H and O–H groups in total. The van der Waals surface area contributed by atoms with Gasteiger partial charge in [0.2, 0.25) is 0 Å². The summed E-state index contributed by atoms with van der Waals surface area (Å²) in [7, 11) is 0. The van der Waals surface area contributed by atoms with Crippen molar-refractivity contribution < 1.29 is 24.2 Å². The molecule has 0 aromatic heterocycles. The molecule has 7 heteroatoms. The number of carbonyl (C=O) groups is 1. The average Bonchev–Trinajstić information content (AvgIpc) is 3.01. The number of carboxylic acid groups (broad SMARTS) is 1. The highest BCUT2D eigenvalue weighted by molar-refractivity contribution is 6.31. The SMILES string of the molecule is CCCCOC1CON=C1c1cc(Cl)ccc1OC(C(=O)O)C(C)C. The van der Waals surface area contributed by atoms with Crippen molar-refractivity contribution in [3.05, 3.63) is 28.8 Å². The summed E-state index contributed by atoms with van der Waals surface area (Å²) in [5.41, 5.74) is 1.17. The fraction of sp³-hybridized carbons (Fsp3) is 0.556. The minimum absolute atomic E-state index is 0.195. The predicted octanol–water partition coefficient (Wildman–Crippen LogP) is 3.75. The van der Waals surface area contributed by atoms with Crippen molar-refractivity contribution in [2.75, 3.05) is 13.2 Å². The first-order valence-corrected chi connectivity index (χ1v) is 8.82. The Morgan fingerprint density at radius 3 is 2.88 bits per heavy atom. The fourth-order valence-corrected chi connectivity index (χ4v) is 2.62. The van der Waals surface area contributed by atoms with Gasteiger partial charge in [0.05, 0.1) is 0 Å². The number of unbranched alkanes of at least 4 members (excludes halogenated alkanes) is 1. The van der Waals surface area contributed by atoms with Crippen LogP contribution in [0.5, 0.6) is 5.75 Å². The zero-order valence-corrected chi connectivity index (χ0v) is 15.5. The summed E-state index contributed by atoms with van der Waals surface area (Å²) < 4.78 is 11.6. The first-order chi connectivity index (χ1) is 11.9. The smallest absolute Gasteiger partial charge is 0.345 e. The monoisotopic (exact) mass is 369 g/mol. The second-order valence-electron chi connectivity index (χ2n) is 6.25. The van der Waals surface area contributed by atoms with Gasteiger partial charge >= 0.3 is 5.97 Å². The predicted molar refractivity (Wildman–Crippen MR) is 95.5 cm³/mol. The van der Waals surface area contributed by atoms with E-state index in [2.05, 4.69) is 12.1 Å². The van der Waals surface area contributed by atoms with Gasteiger partial charge in [0.25, 0.3) is 0 Å². The third-order valence-electron chi connectivity index (χ3n) is 3.83. The summed E-state index contributed by atoms with van der Waals surface area (Å²) in [5.74, 6) is -0.811. The average molecular weight is 370 g/mol. The number of ether oxygens (including phenoxy) is 2. The number of halogens is 1. The molecule has 0 saturated carbocycles. The largest absolute Gasteiger partial charge is 0.478 e. The highest BCUT2D eigenvalue weighted by Crippen LogP contribution is 2.29. The lowest BCUT2D eigenvalue weighted by molar-refractivity contribution is -0.147. The number of rotatable bonds is 9. The van der Waals surface area contributed by atoms with E-state index < -0.39 is 12.1 Å². The van der Waals surface area contributed by atoms with Gasteiger partial charge in [0, 0.05) is 23.1 Å². The van der Waals surface area contributed by atoms with Crippen molar-refractivity contribution in [2.24, 2.45) is 11.1 Å². The van der Waals surface area contributed by atoms with Crippen LogP contribution in [0.25, 0.3) is 0 Å². The molecule has 25 heavy (non-hydrogen) atoms. The number of nitrogens with zero attached hydrogens (tertiary/aromatic N) is 1. The summed E-state index contributed by atoms with van der Waals surface area (Å²) in [6.07, 6.45) is 0.675. The minimum atomic E-state index is -1.02. The molecule has 1 aliphatic heterocycles. The van der Waals surface area contributed by atoms with Gasteiger partial charge in [-0.1, -0.05) is 43.9 Å². The molecular weight excluding hydrogens is 346 g/mol. The highest BCUT2D eigenvalue weighted by atomic mass is 35.5. The van der Waals surface area contributed by atoms with Crippen LogP contribution in [0.1, 0.15) is 39.2 Å². The van der Waals surface area contributed by atoms with Crippen LogP contribution in [-0.2, 0) is 14.4 Å². The Bertz CT molecular complexity index is 632. The zero-order valence-electron chi connectivity index (χ0n) is 14.7. The second-order valence-corrected chi connectivity index (χ2v) is 6.68. The maximum Gasteiger partial charge on any atom is 0.345 e. The lowest BCUT2D eigenvalue weighted by Crippen LogP contribution is -2.33. The van der Waals surface area contributed by atoms with Gasteiger partial charge in [-0.3, -0.25) is 0 Å². The molecule has 0 fully saturated rings. The quantitative estimate of drug-likeness (QED) is 0.671. The Labute approximate surface area is 152 Å². The molecule has 0 saturated heterocycles. The second kappa shape index (κ2) is 9.06. The van der Waals surface area contributed by atoms with E-state index in [1.54, 1.807) is 32.0 Å². The van der Waals surface area contributed by atoms with Gasteiger partial charge < -0.3 is 19.4 Å². The number of carboxylic acids is 1. The molecule has 2 unspecified atom stereocenters. The maximum atomic E-state index is 11.5. The first kappa shape index (κ1) is 19.5. The van der Waals surface area contributed by atoms with Crippen molar-refractivity contribution in [1.82, 2.24) is 0 Å². The van der Waals surface area contributed by atoms with E-state index in [1.165, 1.54) is 0 Å². The zero-order chi connectivity index (χ0) is 18.4. The molecule has 1 heterocycles. The van der Waals surface area contributed by atoms with Gasteiger partial charge in [-0.25, -0.2) is 4.79 Å². The van der Waals surface area contributed by atoms with Crippen molar-refractivity contribution in [1.29, 1.82) is 0 Å². The van der Waals surface area contributed by atoms with E-state index in [4.69, 9.17) is 25.9 Å². The van der Waals surface area contributed by atoms with E-state index in [1.807, 2.05) is 0 Å². The fourth-order valence-electron chi connectivity index (χ4n) is 2.45. The van der Waals surface area contributed by atoms with Crippen LogP contribution >= 0.6 is 11.6 Å². The van der Waals surface area contributed by atoms with Crippen molar-refractivity contribution >= 4 is 23.3 Å². The van der Waals surface area contributed by atoms with E-state index >= 15 is 0 Å². The third-order valence-corrected chi connectivity index (χ3v) is 4.07. The Kier molecular flexibility index (Phi) is 7.08.